The van der Waals surface area contributed by atoms with E-state index in [0.717, 1.165) is 36.3 Å². The molecule has 1 saturated heterocycles. The van der Waals surface area contributed by atoms with Crippen LogP contribution in [0.3, 0.4) is 0 Å². The van der Waals surface area contributed by atoms with Crippen LogP contribution >= 0.6 is 0 Å². The van der Waals surface area contributed by atoms with Crippen LogP contribution in [0, 0.1) is 0 Å². The van der Waals surface area contributed by atoms with Crippen LogP contribution in [0.2, 0.25) is 0 Å². The van der Waals surface area contributed by atoms with Crippen molar-refractivity contribution in [1.82, 2.24) is 10.3 Å². The van der Waals surface area contributed by atoms with Crippen molar-refractivity contribution in [2.45, 2.75) is 51.6 Å². The Kier molecular flexibility index (Phi) is 7.07. The van der Waals surface area contributed by atoms with E-state index in [4.69, 9.17) is 4.74 Å². The molecule has 8 nitrogen and oxygen atoms in total. The number of anilines is 3. The molecule has 3 aromatic rings. The molecule has 1 atom stereocenters. The molecule has 2 aromatic carbocycles. The first kappa shape index (κ1) is 27.3. The zero-order chi connectivity index (χ0) is 28.7. The van der Waals surface area contributed by atoms with E-state index in [2.05, 4.69) is 20.5 Å². The first-order chi connectivity index (χ1) is 18.9. The smallest absolute Gasteiger partial charge is 0.416 e. The number of carbonyl (C=O) groups is 2. The van der Waals surface area contributed by atoms with Gasteiger partial charge in [-0.25, -0.2) is 14.6 Å². The number of rotatable bonds is 4. The van der Waals surface area contributed by atoms with Crippen molar-refractivity contribution in [3.8, 4) is 11.3 Å². The maximum atomic E-state index is 13.5. The van der Waals surface area contributed by atoms with E-state index >= 15 is 0 Å². The van der Waals surface area contributed by atoms with E-state index in [1.165, 1.54) is 6.07 Å². The van der Waals surface area contributed by atoms with Gasteiger partial charge in [-0.1, -0.05) is 24.3 Å². The number of halogens is 3. The molecule has 2 bridgehead atoms. The lowest BCUT2D eigenvalue weighted by atomic mass is 10.1. The van der Waals surface area contributed by atoms with E-state index < -0.39 is 23.4 Å². The van der Waals surface area contributed by atoms with Crippen molar-refractivity contribution < 1.29 is 27.5 Å². The molecule has 0 radical (unpaired) electrons. The zero-order valence-corrected chi connectivity index (χ0v) is 22.4. The highest BCUT2D eigenvalue weighted by Crippen LogP contribution is 2.41. The van der Waals surface area contributed by atoms with Crippen molar-refractivity contribution in [2.24, 2.45) is 0 Å². The number of carbonyl (C=O) groups excluding carboxylic acids is 2. The molecule has 0 aliphatic carbocycles. The maximum absolute atomic E-state index is 13.5. The molecule has 1 fully saturated rings. The molecule has 210 valence electrons. The molecule has 0 saturated carbocycles. The normalized spacial score (nSPS) is 16.4. The Hall–Kier alpha value is -4.28. The number of hydrogen-bond acceptors (Lipinski definition) is 5. The average molecular weight is 554 g/mol. The van der Waals surface area contributed by atoms with Gasteiger partial charge in [-0.05, 0) is 69.2 Å². The Morgan fingerprint density at radius 1 is 1.05 bits per heavy atom. The van der Waals surface area contributed by atoms with E-state index in [9.17, 15) is 22.8 Å². The molecule has 1 aromatic heterocycles. The van der Waals surface area contributed by atoms with Crippen LogP contribution in [0.1, 0.15) is 38.3 Å². The SMILES string of the molecule is CC(C)(C)OC(=O)NCc1ccc(NC(=O)N2c3nc(-c4cccc(C(F)(F)F)c4)ccc3N3CC[C@H]2C3)cc1. The van der Waals surface area contributed by atoms with Crippen molar-refractivity contribution in [3.63, 3.8) is 0 Å². The third-order valence-corrected chi connectivity index (χ3v) is 6.70. The molecule has 2 aliphatic heterocycles. The van der Waals surface area contributed by atoms with E-state index in [1.807, 2.05) is 6.07 Å². The van der Waals surface area contributed by atoms with Crippen LogP contribution in [0.25, 0.3) is 11.3 Å². The van der Waals surface area contributed by atoms with Gasteiger partial charge in [0, 0.05) is 30.9 Å². The van der Waals surface area contributed by atoms with E-state index in [1.54, 1.807) is 62.1 Å². The molecule has 0 spiro atoms. The number of urea groups is 1. The monoisotopic (exact) mass is 553 g/mol. The third-order valence-electron chi connectivity index (χ3n) is 6.70. The summed E-state index contributed by atoms with van der Waals surface area (Å²) in [6, 6.07) is 15.1. The van der Waals surface area contributed by atoms with E-state index in [0.29, 0.717) is 29.3 Å². The molecular formula is C29H30F3N5O3. The van der Waals surface area contributed by atoms with Gasteiger partial charge in [-0.2, -0.15) is 13.2 Å². The van der Waals surface area contributed by atoms with Gasteiger partial charge in [-0.3, -0.25) is 4.90 Å². The zero-order valence-electron chi connectivity index (χ0n) is 22.4. The highest BCUT2D eigenvalue weighted by Gasteiger charge is 2.40. The van der Waals surface area contributed by atoms with Gasteiger partial charge in [-0.15, -0.1) is 0 Å². The number of pyridine rings is 1. The second-order valence-corrected chi connectivity index (χ2v) is 10.9. The van der Waals surface area contributed by atoms with Gasteiger partial charge >= 0.3 is 18.3 Å². The molecule has 2 N–H and O–H groups in total. The highest BCUT2D eigenvalue weighted by atomic mass is 19.4. The fraction of sp³-hybridized carbons (Fsp3) is 0.345. The summed E-state index contributed by atoms with van der Waals surface area (Å²) >= 11 is 0. The topological polar surface area (TPSA) is 86.8 Å². The predicted octanol–water partition coefficient (Wildman–Crippen LogP) is 6.42. The molecule has 3 heterocycles. The lowest BCUT2D eigenvalue weighted by molar-refractivity contribution is -0.137. The number of alkyl carbamates (subject to hydrolysis) is 1. The minimum atomic E-state index is -4.47. The Morgan fingerprint density at radius 3 is 2.50 bits per heavy atom. The number of nitrogens with zero attached hydrogens (tertiary/aromatic N) is 3. The summed E-state index contributed by atoms with van der Waals surface area (Å²) in [5, 5.41) is 5.61. The third kappa shape index (κ3) is 5.98. The Bertz CT molecular complexity index is 1420. The minimum Gasteiger partial charge on any atom is -0.444 e. The number of nitrogens with one attached hydrogen (secondary N) is 2. The molecule has 3 amide bonds. The van der Waals surface area contributed by atoms with Crippen LogP contribution < -0.4 is 20.4 Å². The number of aromatic nitrogens is 1. The van der Waals surface area contributed by atoms with Crippen molar-refractivity contribution in [2.75, 3.05) is 28.2 Å². The van der Waals surface area contributed by atoms with Crippen molar-refractivity contribution in [3.05, 3.63) is 71.8 Å². The summed E-state index contributed by atoms with van der Waals surface area (Å²) in [7, 11) is 0. The van der Waals surface area contributed by atoms with Crippen LogP contribution in [0.5, 0.6) is 0 Å². The number of benzene rings is 2. The Labute approximate surface area is 230 Å². The fourth-order valence-corrected chi connectivity index (χ4v) is 4.87. The largest absolute Gasteiger partial charge is 0.444 e. The number of hydrogen-bond donors (Lipinski definition) is 2. The number of ether oxygens (including phenoxy) is 1. The van der Waals surface area contributed by atoms with Crippen LogP contribution in [-0.4, -0.2) is 41.8 Å². The summed E-state index contributed by atoms with van der Waals surface area (Å²) in [5.41, 5.74) is 1.47. The van der Waals surface area contributed by atoms with Crippen LogP contribution in [-0.2, 0) is 17.5 Å². The lowest BCUT2D eigenvalue weighted by Gasteiger charge is -2.36. The molecule has 40 heavy (non-hydrogen) atoms. The lowest BCUT2D eigenvalue weighted by Crippen LogP contribution is -2.48. The van der Waals surface area contributed by atoms with Crippen molar-refractivity contribution in [1.29, 1.82) is 0 Å². The Morgan fingerprint density at radius 2 is 1.80 bits per heavy atom. The summed E-state index contributed by atoms with van der Waals surface area (Å²) in [6.45, 7) is 7.04. The molecule has 5 rings (SSSR count). The Balaban J connectivity index is 1.33. The standard InChI is InChI=1S/C29H30F3N5O3/c1-28(2,3)40-27(39)33-16-18-7-9-21(10-8-18)34-26(38)37-22-13-14-36(17-22)24-12-11-23(35-25(24)37)19-5-4-6-20(15-19)29(30,31)32/h4-12,15,22H,13-14,16-17H2,1-3H3,(H,33,39)(H,34,38)/t22-/m0/s1. The molecule has 2 aliphatic rings. The van der Waals surface area contributed by atoms with Crippen molar-refractivity contribution >= 4 is 29.3 Å². The van der Waals surface area contributed by atoms with Gasteiger partial charge in [0.05, 0.1) is 23.0 Å². The van der Waals surface area contributed by atoms with Gasteiger partial charge in [0.25, 0.3) is 0 Å². The van der Waals surface area contributed by atoms with Gasteiger partial charge in [0.2, 0.25) is 0 Å². The summed E-state index contributed by atoms with van der Waals surface area (Å²) in [4.78, 5) is 33.8. The fourth-order valence-electron chi connectivity index (χ4n) is 4.87. The first-order valence-corrected chi connectivity index (χ1v) is 13.0. The first-order valence-electron chi connectivity index (χ1n) is 13.0. The van der Waals surface area contributed by atoms with Gasteiger partial charge in [0.15, 0.2) is 5.82 Å². The van der Waals surface area contributed by atoms with Gasteiger partial charge in [0.1, 0.15) is 5.60 Å². The molecule has 0 unspecified atom stereocenters. The maximum Gasteiger partial charge on any atom is 0.416 e. The number of alkyl halides is 3. The van der Waals surface area contributed by atoms with E-state index in [-0.39, 0.29) is 18.6 Å². The quantitative estimate of drug-likeness (QED) is 0.389. The van der Waals surface area contributed by atoms with Crippen LogP contribution in [0.15, 0.2) is 60.7 Å². The second-order valence-electron chi connectivity index (χ2n) is 10.9. The summed E-state index contributed by atoms with van der Waals surface area (Å²) < 4.78 is 45.1. The number of fused-ring (bicyclic) bond motifs is 4. The predicted molar refractivity (Wildman–Crippen MR) is 146 cm³/mol. The summed E-state index contributed by atoms with van der Waals surface area (Å²) in [5.74, 6) is 0.416. The summed E-state index contributed by atoms with van der Waals surface area (Å²) in [6.07, 6.45) is -4.24. The van der Waals surface area contributed by atoms with Crippen LogP contribution in [0.4, 0.5) is 40.0 Å². The highest BCUT2D eigenvalue weighted by molar-refractivity contribution is 6.04. The molecular weight excluding hydrogens is 523 g/mol. The average Bonchev–Trinajstić information content (AvgIpc) is 3.31. The second kappa shape index (κ2) is 10.4. The van der Waals surface area contributed by atoms with Gasteiger partial charge < -0.3 is 20.3 Å². The number of amides is 3. The molecule has 11 heteroatoms. The minimum absolute atomic E-state index is 0.117.